The van der Waals surface area contributed by atoms with Gasteiger partial charge in [0.25, 0.3) is 0 Å². The van der Waals surface area contributed by atoms with Crippen LogP contribution in [-0.4, -0.2) is 27.3 Å². The van der Waals surface area contributed by atoms with Crippen LogP contribution in [0.1, 0.15) is 5.69 Å². The summed E-state index contributed by atoms with van der Waals surface area (Å²) in [5.74, 6) is 2.93. The number of nitrogens with zero attached hydrogens (tertiary/aromatic N) is 2. The van der Waals surface area contributed by atoms with E-state index in [9.17, 15) is 0 Å². The zero-order valence-electron chi connectivity index (χ0n) is 7.81. The second-order valence-corrected chi connectivity index (χ2v) is 4.72. The fourth-order valence-corrected chi connectivity index (χ4v) is 3.01. The van der Waals surface area contributed by atoms with Crippen LogP contribution >= 0.6 is 11.8 Å². The predicted octanol–water partition coefficient (Wildman–Crippen LogP) is 0.653. The topological polar surface area (TPSA) is 43.8 Å². The number of nitrogens with two attached hydrogens (primary N) is 1. The highest BCUT2D eigenvalue weighted by atomic mass is 32.2. The summed E-state index contributed by atoms with van der Waals surface area (Å²) in [6, 6.07) is 2.45. The zero-order chi connectivity index (χ0) is 9.26. The van der Waals surface area contributed by atoms with Crippen LogP contribution in [0.2, 0.25) is 0 Å². The number of hydrogen-bond donors (Lipinski definition) is 1. The average Bonchev–Trinajstić information content (AvgIpc) is 2.64. The fraction of sp³-hybridized carbons (Fsp3) is 0.667. The van der Waals surface area contributed by atoms with Crippen molar-refractivity contribution in [1.29, 1.82) is 0 Å². The van der Waals surface area contributed by atoms with Gasteiger partial charge in [-0.15, -0.1) is 0 Å². The first-order valence-electron chi connectivity index (χ1n) is 4.57. The molecular weight excluding hydrogens is 182 g/mol. The minimum Gasteiger partial charge on any atom is -0.327 e. The highest BCUT2D eigenvalue weighted by molar-refractivity contribution is 7.99. The maximum Gasteiger partial charge on any atom is 0.0628 e. The molecule has 0 spiro atoms. The Morgan fingerprint density at radius 1 is 1.69 bits per heavy atom. The van der Waals surface area contributed by atoms with Crippen molar-refractivity contribution >= 4 is 11.8 Å². The highest BCUT2D eigenvalue weighted by Gasteiger charge is 2.24. The molecule has 1 aromatic heterocycles. The molecule has 2 rings (SSSR count). The zero-order valence-corrected chi connectivity index (χ0v) is 8.63. The van der Waals surface area contributed by atoms with Crippen LogP contribution in [0.3, 0.4) is 0 Å². The Balaban J connectivity index is 1.97. The van der Waals surface area contributed by atoms with Crippen molar-refractivity contribution in [3.8, 4) is 0 Å². The molecule has 0 aromatic carbocycles. The maximum atomic E-state index is 5.98. The molecule has 0 aliphatic carbocycles. The van der Waals surface area contributed by atoms with Crippen LogP contribution in [0.4, 0.5) is 0 Å². The van der Waals surface area contributed by atoms with E-state index in [0.717, 1.165) is 12.2 Å². The smallest absolute Gasteiger partial charge is 0.0628 e. The van der Waals surface area contributed by atoms with Crippen molar-refractivity contribution in [2.45, 2.75) is 12.5 Å². The van der Waals surface area contributed by atoms with Gasteiger partial charge in [-0.05, 0) is 24.2 Å². The molecule has 4 heteroatoms. The lowest BCUT2D eigenvalue weighted by Gasteiger charge is -2.11. The van der Waals surface area contributed by atoms with Crippen molar-refractivity contribution < 1.29 is 0 Å². The Kier molecular flexibility index (Phi) is 2.60. The predicted molar refractivity (Wildman–Crippen MR) is 55.7 cm³/mol. The van der Waals surface area contributed by atoms with Crippen molar-refractivity contribution in [2.75, 3.05) is 11.5 Å². The number of aromatic nitrogens is 2. The summed E-state index contributed by atoms with van der Waals surface area (Å²) in [5.41, 5.74) is 7.15. The molecule has 2 N–H and O–H groups in total. The number of hydrogen-bond acceptors (Lipinski definition) is 3. The molecule has 0 bridgehead atoms. The number of aryl methyl sites for hydroxylation is 1. The van der Waals surface area contributed by atoms with Crippen molar-refractivity contribution in [1.82, 2.24) is 9.78 Å². The summed E-state index contributed by atoms with van der Waals surface area (Å²) in [5, 5.41) is 4.36. The van der Waals surface area contributed by atoms with Gasteiger partial charge in [0.15, 0.2) is 0 Å². The number of thioether (sulfide) groups is 1. The molecule has 2 atom stereocenters. The van der Waals surface area contributed by atoms with E-state index in [2.05, 4.69) is 11.2 Å². The van der Waals surface area contributed by atoms with E-state index in [1.54, 1.807) is 0 Å². The SMILES string of the molecule is Cn1ccc(CC2CSCC2N)n1. The van der Waals surface area contributed by atoms with Crippen LogP contribution in [0.5, 0.6) is 0 Å². The molecule has 0 radical (unpaired) electrons. The van der Waals surface area contributed by atoms with E-state index in [1.165, 1.54) is 11.4 Å². The third-order valence-corrected chi connectivity index (χ3v) is 3.77. The van der Waals surface area contributed by atoms with E-state index in [0.29, 0.717) is 12.0 Å². The average molecular weight is 197 g/mol. The first-order chi connectivity index (χ1) is 6.25. The van der Waals surface area contributed by atoms with Gasteiger partial charge in [0.2, 0.25) is 0 Å². The van der Waals surface area contributed by atoms with Crippen LogP contribution < -0.4 is 5.73 Å². The minimum atomic E-state index is 0.368. The maximum absolute atomic E-state index is 5.98. The second-order valence-electron chi connectivity index (χ2n) is 3.65. The van der Waals surface area contributed by atoms with Crippen LogP contribution in [0.15, 0.2) is 12.3 Å². The third kappa shape index (κ3) is 2.06. The molecule has 13 heavy (non-hydrogen) atoms. The molecule has 3 nitrogen and oxygen atoms in total. The molecule has 72 valence electrons. The standard InChI is InChI=1S/C9H15N3S/c1-12-3-2-8(11-12)4-7-5-13-6-9(7)10/h2-3,7,9H,4-6,10H2,1H3. The van der Waals surface area contributed by atoms with Gasteiger partial charge in [0, 0.05) is 25.0 Å². The van der Waals surface area contributed by atoms with Gasteiger partial charge < -0.3 is 5.73 Å². The lowest BCUT2D eigenvalue weighted by atomic mass is 9.99. The lowest BCUT2D eigenvalue weighted by Crippen LogP contribution is -2.29. The quantitative estimate of drug-likeness (QED) is 0.757. The summed E-state index contributed by atoms with van der Waals surface area (Å²) < 4.78 is 1.85. The molecule has 2 unspecified atom stereocenters. The van der Waals surface area contributed by atoms with E-state index in [1.807, 2.05) is 29.7 Å². The Labute approximate surface area is 82.7 Å². The first-order valence-corrected chi connectivity index (χ1v) is 5.73. The highest BCUT2D eigenvalue weighted by Crippen LogP contribution is 2.25. The molecule has 2 heterocycles. The summed E-state index contributed by atoms with van der Waals surface area (Å²) in [4.78, 5) is 0. The van der Waals surface area contributed by atoms with E-state index >= 15 is 0 Å². The molecule has 0 amide bonds. The normalized spacial score (nSPS) is 28.2. The van der Waals surface area contributed by atoms with Crippen LogP contribution in [-0.2, 0) is 13.5 Å². The molecule has 1 saturated heterocycles. The molecule has 1 aliphatic rings. The Morgan fingerprint density at radius 2 is 2.54 bits per heavy atom. The van der Waals surface area contributed by atoms with Crippen LogP contribution in [0, 0.1) is 5.92 Å². The van der Waals surface area contributed by atoms with Crippen molar-refractivity contribution in [3.05, 3.63) is 18.0 Å². The molecular formula is C9H15N3S. The summed E-state index contributed by atoms with van der Waals surface area (Å²) in [7, 11) is 1.95. The van der Waals surface area contributed by atoms with Gasteiger partial charge in [-0.3, -0.25) is 4.68 Å². The van der Waals surface area contributed by atoms with Gasteiger partial charge in [0.05, 0.1) is 5.69 Å². The Morgan fingerprint density at radius 3 is 3.08 bits per heavy atom. The van der Waals surface area contributed by atoms with Gasteiger partial charge in [0.1, 0.15) is 0 Å². The number of rotatable bonds is 2. The van der Waals surface area contributed by atoms with Gasteiger partial charge >= 0.3 is 0 Å². The molecule has 0 saturated carbocycles. The third-order valence-electron chi connectivity index (χ3n) is 2.49. The minimum absolute atomic E-state index is 0.368. The molecule has 1 aliphatic heterocycles. The Hall–Kier alpha value is -0.480. The van der Waals surface area contributed by atoms with Gasteiger partial charge in [-0.2, -0.15) is 16.9 Å². The lowest BCUT2D eigenvalue weighted by molar-refractivity contribution is 0.506. The Bertz CT molecular complexity index is 284. The van der Waals surface area contributed by atoms with E-state index < -0.39 is 0 Å². The summed E-state index contributed by atoms with van der Waals surface area (Å²) in [6.45, 7) is 0. The summed E-state index contributed by atoms with van der Waals surface area (Å²) >= 11 is 1.96. The van der Waals surface area contributed by atoms with Crippen LogP contribution in [0.25, 0.3) is 0 Å². The first kappa shape index (κ1) is 9.09. The fourth-order valence-electron chi connectivity index (χ4n) is 1.67. The van der Waals surface area contributed by atoms with Gasteiger partial charge in [-0.1, -0.05) is 0 Å². The molecule has 1 fully saturated rings. The largest absolute Gasteiger partial charge is 0.327 e. The van der Waals surface area contributed by atoms with Gasteiger partial charge in [-0.25, -0.2) is 0 Å². The summed E-state index contributed by atoms with van der Waals surface area (Å²) in [6.07, 6.45) is 3.03. The van der Waals surface area contributed by atoms with E-state index in [-0.39, 0.29) is 0 Å². The molecule has 1 aromatic rings. The van der Waals surface area contributed by atoms with E-state index in [4.69, 9.17) is 5.73 Å². The second kappa shape index (κ2) is 3.72. The van der Waals surface area contributed by atoms with Crippen molar-refractivity contribution in [2.24, 2.45) is 18.7 Å². The van der Waals surface area contributed by atoms with Crippen molar-refractivity contribution in [3.63, 3.8) is 0 Å². The monoisotopic (exact) mass is 197 g/mol.